The summed E-state index contributed by atoms with van der Waals surface area (Å²) >= 11 is 0. The van der Waals surface area contributed by atoms with E-state index < -0.39 is 0 Å². The third-order valence-electron chi connectivity index (χ3n) is 5.17. The number of hydrogen-bond acceptors (Lipinski definition) is 4. The van der Waals surface area contributed by atoms with Crippen molar-refractivity contribution in [2.24, 2.45) is 0 Å². The number of methoxy groups -OCH3 is 3. The van der Waals surface area contributed by atoms with Gasteiger partial charge in [-0.25, -0.2) is 0 Å². The number of piperazine rings is 1. The van der Waals surface area contributed by atoms with Gasteiger partial charge in [0.25, 0.3) is 0 Å². The van der Waals surface area contributed by atoms with Crippen LogP contribution < -0.4 is 24.0 Å². The van der Waals surface area contributed by atoms with Gasteiger partial charge in [0.15, 0.2) is 11.5 Å². The van der Waals surface area contributed by atoms with Gasteiger partial charge < -0.3 is 24.0 Å². The molecule has 1 fully saturated rings. The maximum absolute atomic E-state index is 5.46. The molecule has 0 aliphatic carbocycles. The van der Waals surface area contributed by atoms with Gasteiger partial charge in [-0.15, -0.1) is 0 Å². The lowest BCUT2D eigenvalue weighted by Crippen LogP contribution is -3.13. The maximum atomic E-state index is 5.46. The van der Waals surface area contributed by atoms with Crippen LogP contribution in [0, 0.1) is 6.92 Å². The van der Waals surface area contributed by atoms with Gasteiger partial charge in [-0.3, -0.25) is 0 Å². The van der Waals surface area contributed by atoms with Gasteiger partial charge in [0.05, 0.1) is 47.5 Å². The standard InChI is InChI=1S/C21H28N2O3/c1-16-12-20(25-3)21(26-4)13-17(16)15-22-8-10-23(11-9-22)18-6-5-7-19(14-18)24-2/h5-7,12-14H,8-11,15H2,1-4H3/p+1. The highest BCUT2D eigenvalue weighted by Crippen LogP contribution is 2.30. The monoisotopic (exact) mass is 357 g/mol. The molecule has 0 saturated carbocycles. The fourth-order valence-electron chi connectivity index (χ4n) is 3.55. The zero-order valence-electron chi connectivity index (χ0n) is 16.2. The van der Waals surface area contributed by atoms with Crippen LogP contribution in [0.25, 0.3) is 0 Å². The molecule has 1 N–H and O–H groups in total. The third-order valence-corrected chi connectivity index (χ3v) is 5.17. The second-order valence-corrected chi connectivity index (χ2v) is 6.75. The molecule has 0 radical (unpaired) electrons. The molecule has 3 rings (SSSR count). The molecule has 0 amide bonds. The Morgan fingerprint density at radius 2 is 1.62 bits per heavy atom. The molecule has 2 aromatic rings. The summed E-state index contributed by atoms with van der Waals surface area (Å²) in [6.45, 7) is 7.49. The Morgan fingerprint density at radius 1 is 0.923 bits per heavy atom. The first-order valence-corrected chi connectivity index (χ1v) is 9.08. The van der Waals surface area contributed by atoms with Crippen LogP contribution in [0.3, 0.4) is 0 Å². The number of benzene rings is 2. The third kappa shape index (κ3) is 4.05. The first kappa shape index (κ1) is 18.4. The smallest absolute Gasteiger partial charge is 0.161 e. The predicted octanol–water partition coefficient (Wildman–Crippen LogP) is 1.93. The Hall–Kier alpha value is -2.40. The Morgan fingerprint density at radius 3 is 2.27 bits per heavy atom. The van der Waals surface area contributed by atoms with E-state index in [0.717, 1.165) is 50.0 Å². The molecule has 5 heteroatoms. The fraction of sp³-hybridized carbons (Fsp3) is 0.429. The Kier molecular flexibility index (Phi) is 5.89. The van der Waals surface area contributed by atoms with Gasteiger partial charge in [-0.05, 0) is 36.8 Å². The average Bonchev–Trinajstić information content (AvgIpc) is 2.69. The highest BCUT2D eigenvalue weighted by atomic mass is 16.5. The van der Waals surface area contributed by atoms with Crippen molar-refractivity contribution in [3.05, 3.63) is 47.5 Å². The van der Waals surface area contributed by atoms with E-state index in [2.05, 4.69) is 42.2 Å². The Bertz CT molecular complexity index is 740. The van der Waals surface area contributed by atoms with Crippen LogP contribution in [0.1, 0.15) is 11.1 Å². The topological polar surface area (TPSA) is 35.4 Å². The maximum Gasteiger partial charge on any atom is 0.161 e. The van der Waals surface area contributed by atoms with Crippen LogP contribution in [0.2, 0.25) is 0 Å². The summed E-state index contributed by atoms with van der Waals surface area (Å²) in [5.41, 5.74) is 3.82. The van der Waals surface area contributed by atoms with Crippen molar-refractivity contribution >= 4 is 5.69 Å². The lowest BCUT2D eigenvalue weighted by Gasteiger charge is -2.34. The molecule has 140 valence electrons. The van der Waals surface area contributed by atoms with Crippen molar-refractivity contribution in [2.75, 3.05) is 52.4 Å². The largest absolute Gasteiger partial charge is 0.497 e. The number of quaternary nitrogens is 1. The molecule has 0 aromatic heterocycles. The highest BCUT2D eigenvalue weighted by molar-refractivity contribution is 5.51. The minimum Gasteiger partial charge on any atom is -0.497 e. The van der Waals surface area contributed by atoms with E-state index >= 15 is 0 Å². The summed E-state index contributed by atoms with van der Waals surface area (Å²) in [5.74, 6) is 2.52. The second-order valence-electron chi connectivity index (χ2n) is 6.75. The summed E-state index contributed by atoms with van der Waals surface area (Å²) in [5, 5.41) is 0. The molecular weight excluding hydrogens is 328 g/mol. The van der Waals surface area contributed by atoms with Gasteiger partial charge in [-0.1, -0.05) is 6.07 Å². The predicted molar refractivity (Wildman–Crippen MR) is 104 cm³/mol. The summed E-state index contributed by atoms with van der Waals surface area (Å²) < 4.78 is 16.2. The molecule has 26 heavy (non-hydrogen) atoms. The van der Waals surface area contributed by atoms with E-state index in [-0.39, 0.29) is 0 Å². The van der Waals surface area contributed by atoms with Gasteiger partial charge in [0.2, 0.25) is 0 Å². The van der Waals surface area contributed by atoms with Crippen molar-refractivity contribution in [3.63, 3.8) is 0 Å². The minimum atomic E-state index is 0.798. The van der Waals surface area contributed by atoms with Crippen molar-refractivity contribution in [3.8, 4) is 17.2 Å². The Labute approximate surface area is 156 Å². The van der Waals surface area contributed by atoms with E-state index in [0.29, 0.717) is 0 Å². The Balaban J connectivity index is 1.64. The number of ether oxygens (including phenoxy) is 3. The van der Waals surface area contributed by atoms with Crippen LogP contribution in [-0.4, -0.2) is 47.5 Å². The molecule has 0 unspecified atom stereocenters. The van der Waals surface area contributed by atoms with Crippen molar-refractivity contribution in [2.45, 2.75) is 13.5 Å². The van der Waals surface area contributed by atoms with Gasteiger partial charge in [0.1, 0.15) is 12.3 Å². The SMILES string of the molecule is COc1cccc(N2CC[NH+](Cc3cc(OC)c(OC)cc3C)CC2)c1. The van der Waals surface area contributed by atoms with Gasteiger partial charge >= 0.3 is 0 Å². The zero-order chi connectivity index (χ0) is 18.5. The molecule has 2 aromatic carbocycles. The van der Waals surface area contributed by atoms with Crippen LogP contribution >= 0.6 is 0 Å². The lowest BCUT2D eigenvalue weighted by molar-refractivity contribution is -0.914. The number of aryl methyl sites for hydroxylation is 1. The quantitative estimate of drug-likeness (QED) is 0.857. The lowest BCUT2D eigenvalue weighted by atomic mass is 10.1. The summed E-state index contributed by atoms with van der Waals surface area (Å²) in [6, 6.07) is 12.5. The molecular formula is C21H29N2O3+. The van der Waals surface area contributed by atoms with Crippen molar-refractivity contribution in [1.82, 2.24) is 0 Å². The van der Waals surface area contributed by atoms with E-state index in [1.54, 1.807) is 26.2 Å². The van der Waals surface area contributed by atoms with E-state index in [1.807, 2.05) is 6.07 Å². The number of hydrogen-bond donors (Lipinski definition) is 1. The van der Waals surface area contributed by atoms with E-state index in [9.17, 15) is 0 Å². The van der Waals surface area contributed by atoms with Crippen LogP contribution in [0.15, 0.2) is 36.4 Å². The molecule has 1 aliphatic rings. The first-order valence-electron chi connectivity index (χ1n) is 9.08. The normalized spacial score (nSPS) is 15.0. The van der Waals surface area contributed by atoms with Crippen LogP contribution in [0.4, 0.5) is 5.69 Å². The summed E-state index contributed by atoms with van der Waals surface area (Å²) in [6.07, 6.45) is 0. The number of anilines is 1. The molecule has 0 bridgehead atoms. The number of rotatable bonds is 6. The second kappa shape index (κ2) is 8.32. The fourth-order valence-corrected chi connectivity index (χ4v) is 3.55. The molecule has 1 saturated heterocycles. The van der Waals surface area contributed by atoms with Crippen LogP contribution in [-0.2, 0) is 6.54 Å². The number of nitrogens with zero attached hydrogens (tertiary/aromatic N) is 1. The molecule has 0 atom stereocenters. The van der Waals surface area contributed by atoms with E-state index in [1.165, 1.54) is 16.8 Å². The minimum absolute atomic E-state index is 0.798. The molecule has 5 nitrogen and oxygen atoms in total. The molecule has 1 aliphatic heterocycles. The number of nitrogens with one attached hydrogen (secondary N) is 1. The van der Waals surface area contributed by atoms with Crippen molar-refractivity contribution in [1.29, 1.82) is 0 Å². The average molecular weight is 357 g/mol. The summed E-state index contributed by atoms with van der Waals surface area (Å²) in [7, 11) is 5.09. The molecule has 1 heterocycles. The van der Waals surface area contributed by atoms with Crippen molar-refractivity contribution < 1.29 is 19.1 Å². The van der Waals surface area contributed by atoms with Crippen LogP contribution in [0.5, 0.6) is 17.2 Å². The highest BCUT2D eigenvalue weighted by Gasteiger charge is 2.22. The summed E-state index contributed by atoms with van der Waals surface area (Å²) in [4.78, 5) is 4.03. The zero-order valence-corrected chi connectivity index (χ0v) is 16.2. The molecule has 0 spiro atoms. The van der Waals surface area contributed by atoms with Gasteiger partial charge in [0, 0.05) is 17.3 Å². The van der Waals surface area contributed by atoms with E-state index in [4.69, 9.17) is 14.2 Å². The van der Waals surface area contributed by atoms with Gasteiger partial charge in [-0.2, -0.15) is 0 Å². The first-order chi connectivity index (χ1) is 12.6.